The molecule has 31 heteroatoms. The van der Waals surface area contributed by atoms with Crippen LogP contribution in [0.2, 0.25) is 10.0 Å². The van der Waals surface area contributed by atoms with Gasteiger partial charge in [-0.2, -0.15) is 30.0 Å². The zero-order chi connectivity index (χ0) is 100. The minimum absolute atomic E-state index is 0.0141. The predicted octanol–water partition coefficient (Wildman–Crippen LogP) is 24.1. The van der Waals surface area contributed by atoms with Crippen molar-refractivity contribution in [3.8, 4) is 11.5 Å². The highest BCUT2D eigenvalue weighted by Crippen LogP contribution is 2.44. The number of phenolic OH excluding ortho intramolecular Hbond substituents is 2. The number of alkyl halides is 3. The van der Waals surface area contributed by atoms with Crippen molar-refractivity contribution in [2.24, 2.45) is 21.7 Å². The van der Waals surface area contributed by atoms with E-state index in [9.17, 15) is 74.2 Å². The van der Waals surface area contributed by atoms with Crippen LogP contribution in [0.25, 0.3) is 0 Å². The van der Waals surface area contributed by atoms with E-state index in [0.29, 0.717) is 87.0 Å². The van der Waals surface area contributed by atoms with Gasteiger partial charge in [0.25, 0.3) is 20.2 Å². The average Bonchev–Trinajstić information content (AvgIpc) is 0.857. The Labute approximate surface area is 791 Å². The Kier molecular flexibility index (Phi) is 51.5. The van der Waals surface area contributed by atoms with E-state index in [1.807, 2.05) is 104 Å². The fourth-order valence-electron chi connectivity index (χ4n) is 15.8. The first-order valence-electron chi connectivity index (χ1n) is 46.6. The number of halogens is 5. The van der Waals surface area contributed by atoms with Crippen LogP contribution in [-0.4, -0.2) is 178 Å². The second-order valence-electron chi connectivity index (χ2n) is 39.3. The second kappa shape index (κ2) is 55.6. The number of aliphatic carboxylic acids is 1. The molecule has 0 radical (unpaired) electrons. The van der Waals surface area contributed by atoms with Crippen LogP contribution in [0.15, 0.2) is 97.1 Å². The third-order valence-corrected chi connectivity index (χ3v) is 28.0. The Morgan fingerprint density at radius 1 is 0.435 bits per heavy atom. The molecule has 7 N–H and O–H groups in total. The van der Waals surface area contributed by atoms with Crippen molar-refractivity contribution in [1.82, 2.24) is 0 Å². The molecule has 3 saturated heterocycles. The van der Waals surface area contributed by atoms with E-state index in [-0.39, 0.29) is 104 Å². The average molecular weight is 1940 g/mol. The third-order valence-electron chi connectivity index (χ3n) is 24.4. The Morgan fingerprint density at radius 2 is 0.756 bits per heavy atom. The predicted molar refractivity (Wildman–Crippen MR) is 509 cm³/mol. The molecule has 4 aromatic carbocycles. The maximum atomic E-state index is 12.8. The van der Waals surface area contributed by atoms with Crippen molar-refractivity contribution in [1.29, 1.82) is 0 Å². The molecule has 3 aliphatic rings. The highest BCUT2D eigenvalue weighted by molar-refractivity contribution is 7.87. The lowest BCUT2D eigenvalue weighted by molar-refractivity contribution is -0.261. The van der Waals surface area contributed by atoms with Gasteiger partial charge in [-0.3, -0.25) is 28.3 Å². The smallest absolute Gasteiger partial charge is 0.417 e. The first-order chi connectivity index (χ1) is 60.4. The summed E-state index contributed by atoms with van der Waals surface area (Å²) in [6.07, 6.45) is 7.26. The first kappa shape index (κ1) is 121. The number of carbonyl (C=O) groups excluding carboxylic acids is 3. The summed E-state index contributed by atoms with van der Waals surface area (Å²) in [7, 11) is -8.23. The summed E-state index contributed by atoms with van der Waals surface area (Å²) in [5.74, 6) is -0.449. The van der Waals surface area contributed by atoms with Gasteiger partial charge < -0.3 is 68.2 Å². The zero-order valence-corrected chi connectivity index (χ0v) is 85.8. The van der Waals surface area contributed by atoms with Crippen molar-refractivity contribution < 1.29 is 126 Å². The summed E-state index contributed by atoms with van der Waals surface area (Å²) in [6, 6.07) is 29.8. The minimum Gasteiger partial charge on any atom is -0.508 e. The second-order valence-corrected chi connectivity index (χ2v) is 44.3. The van der Waals surface area contributed by atoms with Gasteiger partial charge in [-0.15, -0.1) is 0 Å². The Hall–Kier alpha value is -5.77. The fourth-order valence-corrected chi connectivity index (χ4v) is 16.8. The summed E-state index contributed by atoms with van der Waals surface area (Å²) >= 11 is 12.0. The summed E-state index contributed by atoms with van der Waals surface area (Å²) in [4.78, 5) is 48.5. The van der Waals surface area contributed by atoms with Crippen LogP contribution in [0.4, 0.5) is 13.2 Å². The van der Waals surface area contributed by atoms with Crippen molar-refractivity contribution >= 4 is 67.3 Å². The van der Waals surface area contributed by atoms with Gasteiger partial charge in [0.2, 0.25) is 0 Å². The molecular weight excluding hydrogens is 1780 g/mol. The Balaban J connectivity index is 0.000000539. The number of unbranched alkanes of at least 4 members (excludes halogenated alkanes) is 2. The van der Waals surface area contributed by atoms with Crippen molar-refractivity contribution in [3.05, 3.63) is 129 Å². The number of phenols is 2. The molecule has 131 heavy (non-hydrogen) atoms. The number of rotatable bonds is 41. The minimum atomic E-state index is -4.79. The zero-order valence-electron chi connectivity index (χ0n) is 82.6. The van der Waals surface area contributed by atoms with Crippen LogP contribution in [0, 0.1) is 21.7 Å². The molecule has 16 atom stereocenters. The quantitative estimate of drug-likeness (QED) is 0.00939. The van der Waals surface area contributed by atoms with Gasteiger partial charge in [-0.05, 0) is 315 Å². The molecule has 16 unspecified atom stereocenters. The van der Waals surface area contributed by atoms with Gasteiger partial charge >= 0.3 is 30.1 Å². The first-order valence-corrected chi connectivity index (χ1v) is 50.3. The molecular formula is C100H161Cl2F3O24S2. The molecule has 0 spiro atoms. The monoisotopic (exact) mass is 1940 g/mol. The van der Waals surface area contributed by atoms with Gasteiger partial charge in [0, 0.05) is 35.7 Å². The maximum Gasteiger partial charge on any atom is 0.417 e. The molecule has 7 rings (SSSR count). The molecule has 0 amide bonds. The molecule has 24 nitrogen and oxygen atoms in total. The van der Waals surface area contributed by atoms with Crippen LogP contribution in [0.3, 0.4) is 0 Å². The number of hydrogen-bond acceptors (Lipinski definition) is 21. The Bertz CT molecular complexity index is 4200. The molecule has 752 valence electrons. The van der Waals surface area contributed by atoms with E-state index in [1.54, 1.807) is 77.9 Å². The maximum absolute atomic E-state index is 12.8. The number of ether oxygens (including phenoxy) is 9. The molecule has 0 bridgehead atoms. The van der Waals surface area contributed by atoms with E-state index in [2.05, 4.69) is 46.8 Å². The SMILES string of the molecule is CCC(O)CC(CC(C)(C)S(=O)(=O)O)c1ccc(Cl)cc1.CCC1CC(CC(C)(C)C(=O)O)OC(C)O1.CCC1CC(CC(C)(C)C(=O)OC(C)CC(C)(O)C(F)(F)F)OC(C)O1.CCC1CC(CC(C)(C)S(=O)(=O)O)OC(C)O1.CCCCOC(=O)C(C)(C)CC(CC(CC)c1ccc(O)cc1)c1ccc(Cl)cc1.CCCCOC(=O)C(C)(C)CC(CC)c1ccc(O)cc1. The summed E-state index contributed by atoms with van der Waals surface area (Å²) < 4.78 is 150. The van der Waals surface area contributed by atoms with E-state index in [0.717, 1.165) is 88.2 Å². The van der Waals surface area contributed by atoms with E-state index in [1.165, 1.54) is 45.7 Å². The van der Waals surface area contributed by atoms with Crippen LogP contribution in [-0.2, 0) is 82.0 Å². The van der Waals surface area contributed by atoms with Crippen LogP contribution in [0.5, 0.6) is 11.5 Å². The number of carbonyl (C=O) groups is 4. The molecule has 0 aromatic heterocycles. The number of aliphatic hydroxyl groups excluding tert-OH is 1. The highest BCUT2D eigenvalue weighted by atomic mass is 35.5. The van der Waals surface area contributed by atoms with Crippen LogP contribution < -0.4 is 0 Å². The van der Waals surface area contributed by atoms with Crippen molar-refractivity contribution in [3.63, 3.8) is 0 Å². The van der Waals surface area contributed by atoms with Crippen LogP contribution in [0.1, 0.15) is 360 Å². The lowest BCUT2D eigenvalue weighted by Gasteiger charge is -2.37. The number of esters is 3. The summed E-state index contributed by atoms with van der Waals surface area (Å²) in [5, 5.41) is 48.8. The number of aromatic hydroxyl groups is 2. The van der Waals surface area contributed by atoms with E-state index >= 15 is 0 Å². The molecule has 0 aliphatic carbocycles. The van der Waals surface area contributed by atoms with Gasteiger partial charge in [-0.25, -0.2) is 0 Å². The van der Waals surface area contributed by atoms with Gasteiger partial charge in [0.1, 0.15) is 17.6 Å². The molecule has 3 aliphatic heterocycles. The fraction of sp³-hybridized carbons (Fsp3) is 0.720. The standard InChI is InChI=1S/C26H35ClO3.C18H31F3O5.C18H28O3.C15H23ClO4S.C12H22O4.C11H22O5S/c1-5-7-16-30-25(29)26(3,4)18-22(21-8-12-23(27)13-9-21)17-19(6-2)20-10-14-24(28)15-11-20;1-7-13-8-14(26-12(3)25-13)10-16(4,5)15(22)24-11(2)9-17(6,23)18(19,20)21;1-5-7-12-21-17(20)18(3,4)13-14(6-2)15-8-10-16(19)11-9-15;1-4-14(17)9-12(10-15(2,3)21(18,19)20)11-5-7-13(16)8-6-11;1-5-9-6-10(16-8(2)15-9)7-12(3,4)11(13)14;1-5-9-6-10(16-8(2)15-9)7-11(3,4)17(12,13)14/h8-15,19,22,28H,5-7,16-18H2,1-4H3;11-14,23H,7-10H2,1-6H3;8-11,14,19H,5-7,12-13H2,1-4H3;5-8,12,14,17H,4,9-10H2,1-3H3,(H,18,19,20);8-10H,5-7H2,1-4H3,(H,13,14);8-10H,5-7H2,1-4H3,(H,12,13,14). The molecule has 4 aromatic rings. The number of carboxylic acids is 1. The van der Waals surface area contributed by atoms with Crippen molar-refractivity contribution in [2.45, 2.75) is 427 Å². The molecule has 3 fully saturated rings. The van der Waals surface area contributed by atoms with Gasteiger partial charge in [0.15, 0.2) is 24.5 Å². The van der Waals surface area contributed by atoms with E-state index in [4.69, 9.17) is 75.5 Å². The molecule has 3 heterocycles. The normalized spacial score (nSPS) is 21.3. The van der Waals surface area contributed by atoms with Crippen molar-refractivity contribution in [2.75, 3.05) is 13.2 Å². The number of carboxylic acid groups (broad SMARTS) is 1. The summed E-state index contributed by atoms with van der Waals surface area (Å²) in [5.41, 5.74) is -1.20. The molecule has 0 saturated carbocycles. The number of benzene rings is 4. The van der Waals surface area contributed by atoms with E-state index < -0.39 is 93.7 Å². The lowest BCUT2D eigenvalue weighted by Crippen LogP contribution is -2.46. The Morgan fingerprint density at radius 3 is 1.08 bits per heavy atom. The third kappa shape index (κ3) is 43.6. The van der Waals surface area contributed by atoms with Gasteiger partial charge in [0.05, 0.1) is 87.1 Å². The summed E-state index contributed by atoms with van der Waals surface area (Å²) in [6.45, 7) is 45.6. The largest absolute Gasteiger partial charge is 0.508 e. The van der Waals surface area contributed by atoms with Gasteiger partial charge in [-0.1, -0.05) is 140 Å². The topological polar surface area (TPSA) is 361 Å². The van der Waals surface area contributed by atoms with Crippen LogP contribution >= 0.6 is 23.2 Å². The number of hydrogen-bond donors (Lipinski definition) is 7. The number of aliphatic hydroxyl groups is 2. The highest BCUT2D eigenvalue weighted by Gasteiger charge is 2.52. The lowest BCUT2D eigenvalue weighted by atomic mass is 9.74.